The van der Waals surface area contributed by atoms with Crippen LogP contribution in [0.1, 0.15) is 5.56 Å². The van der Waals surface area contributed by atoms with E-state index in [4.69, 9.17) is 21.3 Å². The third-order valence-corrected chi connectivity index (χ3v) is 6.12. The second-order valence-electron chi connectivity index (χ2n) is 6.98. The first-order valence-electron chi connectivity index (χ1n) is 9.50. The molecule has 30 heavy (non-hydrogen) atoms. The molecule has 4 nitrogen and oxygen atoms in total. The van der Waals surface area contributed by atoms with Gasteiger partial charge in [0.25, 0.3) is 5.91 Å². The van der Waals surface area contributed by atoms with Gasteiger partial charge in [-0.05, 0) is 35.9 Å². The van der Waals surface area contributed by atoms with Crippen LogP contribution in [-0.2, 0) is 11.3 Å². The van der Waals surface area contributed by atoms with Crippen LogP contribution in [0.5, 0.6) is 5.75 Å². The van der Waals surface area contributed by atoms with Gasteiger partial charge >= 0.3 is 0 Å². The van der Waals surface area contributed by atoms with Crippen molar-refractivity contribution in [3.8, 4) is 27.6 Å². The molecule has 0 saturated carbocycles. The molecule has 5 rings (SSSR count). The van der Waals surface area contributed by atoms with Crippen molar-refractivity contribution in [1.29, 1.82) is 0 Å². The lowest BCUT2D eigenvalue weighted by Crippen LogP contribution is -2.38. The first-order valence-corrected chi connectivity index (χ1v) is 10.8. The molecule has 1 aromatic heterocycles. The fraction of sp³-hybridized carbons (Fsp3) is 0.0833. The Bertz CT molecular complexity index is 1210. The summed E-state index contributed by atoms with van der Waals surface area (Å²) in [5, 5.41) is 3.68. The molecule has 0 fully saturated rings. The predicted molar refractivity (Wildman–Crippen MR) is 121 cm³/mol. The summed E-state index contributed by atoms with van der Waals surface area (Å²) >= 11 is 7.60. The van der Waals surface area contributed by atoms with Crippen LogP contribution in [0.25, 0.3) is 21.8 Å². The van der Waals surface area contributed by atoms with E-state index in [-0.39, 0.29) is 12.5 Å². The highest BCUT2D eigenvalue weighted by molar-refractivity contribution is 7.13. The fourth-order valence-electron chi connectivity index (χ4n) is 3.43. The van der Waals surface area contributed by atoms with Gasteiger partial charge in [-0.2, -0.15) is 0 Å². The molecule has 0 spiro atoms. The quantitative estimate of drug-likeness (QED) is 0.394. The van der Waals surface area contributed by atoms with Crippen LogP contribution in [0, 0.1) is 0 Å². The van der Waals surface area contributed by atoms with E-state index in [2.05, 4.69) is 12.1 Å². The van der Waals surface area contributed by atoms with Crippen molar-refractivity contribution in [1.82, 2.24) is 4.98 Å². The van der Waals surface area contributed by atoms with Crippen molar-refractivity contribution in [3.63, 3.8) is 0 Å². The van der Waals surface area contributed by atoms with Gasteiger partial charge in [0.05, 0.1) is 17.9 Å². The summed E-state index contributed by atoms with van der Waals surface area (Å²) in [6.45, 7) is 0.497. The normalized spacial score (nSPS) is 13.1. The number of amides is 1. The molecule has 3 aromatic carbocycles. The van der Waals surface area contributed by atoms with Crippen molar-refractivity contribution in [2.24, 2.45) is 0 Å². The van der Waals surface area contributed by atoms with E-state index in [0.717, 1.165) is 33.1 Å². The largest absolute Gasteiger partial charge is 0.482 e. The summed E-state index contributed by atoms with van der Waals surface area (Å²) in [7, 11) is 0. The molecule has 0 N–H and O–H groups in total. The van der Waals surface area contributed by atoms with E-state index in [1.54, 1.807) is 16.2 Å². The number of carbonyl (C=O) groups is 1. The van der Waals surface area contributed by atoms with Crippen LogP contribution >= 0.6 is 22.9 Å². The minimum absolute atomic E-state index is 0.0365. The average Bonchev–Trinajstić information content (AvgIpc) is 3.28. The highest BCUT2D eigenvalue weighted by Gasteiger charge is 2.26. The fourth-order valence-corrected chi connectivity index (χ4v) is 4.39. The van der Waals surface area contributed by atoms with Crippen LogP contribution in [0.2, 0.25) is 5.02 Å². The Kier molecular flexibility index (Phi) is 4.99. The van der Waals surface area contributed by atoms with Crippen molar-refractivity contribution in [2.45, 2.75) is 6.54 Å². The maximum Gasteiger partial charge on any atom is 0.265 e. The molecule has 0 bridgehead atoms. The molecule has 0 atom stereocenters. The lowest BCUT2D eigenvalue weighted by molar-refractivity contribution is -0.121. The first kappa shape index (κ1) is 18.9. The maximum atomic E-state index is 12.6. The minimum atomic E-state index is -0.0714. The van der Waals surface area contributed by atoms with Crippen LogP contribution in [-0.4, -0.2) is 17.5 Å². The molecule has 0 radical (unpaired) electrons. The van der Waals surface area contributed by atoms with Gasteiger partial charge in [-0.3, -0.25) is 4.79 Å². The standard InChI is InChI=1S/C24H17ClN2O2S/c25-19-9-6-16(7-10-19)13-27-21-12-18(8-11-22(21)29-14-23(27)28)20-15-30-24(26-20)17-4-2-1-3-5-17/h1-12,15H,13-14H2. The summed E-state index contributed by atoms with van der Waals surface area (Å²) < 4.78 is 5.66. The molecule has 148 valence electrons. The lowest BCUT2D eigenvalue weighted by Gasteiger charge is -2.30. The SMILES string of the molecule is O=C1COc2ccc(-c3csc(-c4ccccc4)n3)cc2N1Cc1ccc(Cl)cc1. The van der Waals surface area contributed by atoms with Crippen LogP contribution in [0.4, 0.5) is 5.69 Å². The maximum absolute atomic E-state index is 12.6. The number of hydrogen-bond donors (Lipinski definition) is 0. The monoisotopic (exact) mass is 432 g/mol. The molecular weight excluding hydrogens is 416 g/mol. The van der Waals surface area contributed by atoms with Gasteiger partial charge in [-0.1, -0.05) is 54.1 Å². The molecule has 1 aliphatic rings. The van der Waals surface area contributed by atoms with E-state index >= 15 is 0 Å². The van der Waals surface area contributed by atoms with Crippen LogP contribution in [0.15, 0.2) is 78.2 Å². The third-order valence-electron chi connectivity index (χ3n) is 4.98. The Morgan fingerprint density at radius 1 is 1.00 bits per heavy atom. The van der Waals surface area contributed by atoms with Gasteiger partial charge in [0.2, 0.25) is 0 Å². The number of thiazole rings is 1. The van der Waals surface area contributed by atoms with E-state index in [0.29, 0.717) is 17.3 Å². The average molecular weight is 433 g/mol. The number of anilines is 1. The van der Waals surface area contributed by atoms with Crippen LogP contribution in [0.3, 0.4) is 0 Å². The topological polar surface area (TPSA) is 42.4 Å². The number of aromatic nitrogens is 1. The van der Waals surface area contributed by atoms with E-state index in [1.165, 1.54) is 0 Å². The second-order valence-corrected chi connectivity index (χ2v) is 8.28. The number of benzene rings is 3. The molecule has 1 amide bonds. The minimum Gasteiger partial charge on any atom is -0.482 e. The summed E-state index contributed by atoms with van der Waals surface area (Å²) in [5.41, 5.74) is 4.69. The van der Waals surface area contributed by atoms with Gasteiger partial charge < -0.3 is 9.64 Å². The van der Waals surface area contributed by atoms with Crippen molar-refractivity contribution >= 4 is 34.5 Å². The summed E-state index contributed by atoms with van der Waals surface area (Å²) in [6, 6.07) is 23.5. The molecule has 0 saturated heterocycles. The lowest BCUT2D eigenvalue weighted by atomic mass is 10.1. The Labute approximate surface area is 183 Å². The zero-order chi connectivity index (χ0) is 20.5. The Morgan fingerprint density at radius 2 is 1.80 bits per heavy atom. The van der Waals surface area contributed by atoms with Gasteiger partial charge in [0.1, 0.15) is 10.8 Å². The van der Waals surface area contributed by atoms with Gasteiger partial charge in [0.15, 0.2) is 6.61 Å². The highest BCUT2D eigenvalue weighted by Crippen LogP contribution is 2.38. The number of rotatable bonds is 4. The summed E-state index contributed by atoms with van der Waals surface area (Å²) in [5.74, 6) is 0.628. The smallest absolute Gasteiger partial charge is 0.265 e. The first-order chi connectivity index (χ1) is 14.7. The van der Waals surface area contributed by atoms with E-state index in [9.17, 15) is 4.79 Å². The molecule has 0 unspecified atom stereocenters. The number of ether oxygens (including phenoxy) is 1. The van der Waals surface area contributed by atoms with Crippen LogP contribution < -0.4 is 9.64 Å². The van der Waals surface area contributed by atoms with Crippen molar-refractivity contribution in [2.75, 3.05) is 11.5 Å². The molecule has 2 heterocycles. The molecule has 0 aliphatic carbocycles. The predicted octanol–water partition coefficient (Wildman–Crippen LogP) is 6.06. The number of fused-ring (bicyclic) bond motifs is 1. The number of halogens is 1. The molecule has 6 heteroatoms. The molecule has 1 aliphatic heterocycles. The number of hydrogen-bond acceptors (Lipinski definition) is 4. The summed E-state index contributed by atoms with van der Waals surface area (Å²) in [4.78, 5) is 19.2. The van der Waals surface area contributed by atoms with E-state index < -0.39 is 0 Å². The van der Waals surface area contributed by atoms with E-state index in [1.807, 2.05) is 66.0 Å². The van der Waals surface area contributed by atoms with Crippen molar-refractivity contribution < 1.29 is 9.53 Å². The Morgan fingerprint density at radius 3 is 2.60 bits per heavy atom. The van der Waals surface area contributed by atoms with Gasteiger partial charge in [-0.25, -0.2) is 4.98 Å². The molecular formula is C24H17ClN2O2S. The Balaban J connectivity index is 1.49. The summed E-state index contributed by atoms with van der Waals surface area (Å²) in [6.07, 6.45) is 0. The highest BCUT2D eigenvalue weighted by atomic mass is 35.5. The number of carbonyl (C=O) groups excluding carboxylic acids is 1. The zero-order valence-corrected chi connectivity index (χ0v) is 17.5. The van der Waals surface area contributed by atoms with Crippen molar-refractivity contribution in [3.05, 3.63) is 88.8 Å². The number of nitrogens with zero attached hydrogens (tertiary/aromatic N) is 2. The second kappa shape index (κ2) is 7.94. The Hall–Kier alpha value is -3.15. The molecule has 4 aromatic rings. The van der Waals surface area contributed by atoms with Gasteiger partial charge in [-0.15, -0.1) is 11.3 Å². The van der Waals surface area contributed by atoms with Gasteiger partial charge in [0, 0.05) is 21.5 Å². The third kappa shape index (κ3) is 3.70. The zero-order valence-electron chi connectivity index (χ0n) is 15.9.